The SMILES string of the molecule is CCOC(=O)OC(C)OC(=O)C1=CN2C(=O)C(NC(=O)C(=NOCC(=O)O)c3cscn3)[C@H]2SC1. The van der Waals surface area contributed by atoms with Crippen molar-refractivity contribution in [3.63, 3.8) is 0 Å². The highest BCUT2D eigenvalue weighted by atomic mass is 32.2. The Morgan fingerprint density at radius 1 is 1.34 bits per heavy atom. The number of thioether (sulfide) groups is 1. The zero-order chi connectivity index (χ0) is 25.5. The van der Waals surface area contributed by atoms with E-state index in [0.29, 0.717) is 0 Å². The normalized spacial score (nSPS) is 19.9. The molecule has 1 aromatic rings. The maximum Gasteiger partial charge on any atom is 0.511 e. The Morgan fingerprint density at radius 3 is 2.77 bits per heavy atom. The lowest BCUT2D eigenvalue weighted by molar-refractivity contribution is -0.163. The molecular weight excluding hydrogens is 508 g/mol. The fourth-order valence-electron chi connectivity index (χ4n) is 2.86. The van der Waals surface area contributed by atoms with Gasteiger partial charge in [0.05, 0.1) is 17.7 Å². The number of hydrogen-bond donors (Lipinski definition) is 2. The average Bonchev–Trinajstić information content (AvgIpc) is 3.33. The number of carboxylic acid groups (broad SMARTS) is 1. The van der Waals surface area contributed by atoms with E-state index in [1.807, 2.05) is 0 Å². The quantitative estimate of drug-likeness (QED) is 0.139. The minimum Gasteiger partial charge on any atom is -0.479 e. The van der Waals surface area contributed by atoms with Crippen molar-refractivity contribution in [2.24, 2.45) is 5.16 Å². The number of carboxylic acids is 1. The summed E-state index contributed by atoms with van der Waals surface area (Å²) < 4.78 is 14.4. The van der Waals surface area contributed by atoms with Gasteiger partial charge in [0.1, 0.15) is 17.1 Å². The summed E-state index contributed by atoms with van der Waals surface area (Å²) in [7, 11) is 0. The molecule has 1 saturated heterocycles. The number of rotatable bonds is 10. The number of nitrogens with one attached hydrogen (secondary N) is 1. The Kier molecular flexibility index (Phi) is 8.64. The molecule has 1 fully saturated rings. The topological polar surface area (TPSA) is 183 Å². The fraction of sp³-hybridized carbons (Fsp3) is 0.421. The summed E-state index contributed by atoms with van der Waals surface area (Å²) in [5.74, 6) is -3.15. The maximum atomic E-state index is 12.7. The first-order valence-corrected chi connectivity index (χ1v) is 12.0. The molecule has 0 saturated carbocycles. The van der Waals surface area contributed by atoms with Crippen molar-refractivity contribution in [3.8, 4) is 0 Å². The van der Waals surface area contributed by atoms with Crippen LogP contribution in [-0.2, 0) is 38.2 Å². The van der Waals surface area contributed by atoms with Gasteiger partial charge >= 0.3 is 18.1 Å². The molecule has 0 aliphatic carbocycles. The van der Waals surface area contributed by atoms with Gasteiger partial charge in [0.25, 0.3) is 11.8 Å². The van der Waals surface area contributed by atoms with Crippen LogP contribution in [0.4, 0.5) is 4.79 Å². The van der Waals surface area contributed by atoms with Gasteiger partial charge in [-0.15, -0.1) is 23.1 Å². The maximum absolute atomic E-state index is 12.7. The summed E-state index contributed by atoms with van der Waals surface area (Å²) in [6.07, 6.45) is -0.863. The van der Waals surface area contributed by atoms with Gasteiger partial charge in [-0.05, 0) is 6.92 Å². The molecule has 2 N–H and O–H groups in total. The fourth-order valence-corrected chi connectivity index (χ4v) is 4.64. The minimum absolute atomic E-state index is 0.101. The van der Waals surface area contributed by atoms with Gasteiger partial charge in [-0.3, -0.25) is 9.59 Å². The summed E-state index contributed by atoms with van der Waals surface area (Å²) in [6, 6.07) is -0.921. The van der Waals surface area contributed by atoms with Crippen LogP contribution in [0.5, 0.6) is 0 Å². The van der Waals surface area contributed by atoms with Crippen molar-refractivity contribution in [3.05, 3.63) is 28.4 Å². The minimum atomic E-state index is -1.28. The molecule has 35 heavy (non-hydrogen) atoms. The molecule has 1 aromatic heterocycles. The highest BCUT2D eigenvalue weighted by Crippen LogP contribution is 2.36. The molecule has 2 amide bonds. The van der Waals surface area contributed by atoms with E-state index < -0.39 is 54.2 Å². The zero-order valence-electron chi connectivity index (χ0n) is 18.4. The first-order valence-electron chi connectivity index (χ1n) is 10.0. The van der Waals surface area contributed by atoms with E-state index in [2.05, 4.69) is 25.0 Å². The second kappa shape index (κ2) is 11.7. The predicted octanol–water partition coefficient (Wildman–Crippen LogP) is 0.295. The van der Waals surface area contributed by atoms with Crippen LogP contribution >= 0.6 is 23.1 Å². The molecule has 3 atom stereocenters. The second-order valence-corrected chi connectivity index (χ2v) is 8.63. The number of thiazole rings is 1. The Balaban J connectivity index is 1.60. The van der Waals surface area contributed by atoms with Gasteiger partial charge in [0.15, 0.2) is 5.71 Å². The molecule has 2 aliphatic rings. The summed E-state index contributed by atoms with van der Waals surface area (Å²) in [5.41, 5.74) is 1.49. The number of hydrogen-bond acceptors (Lipinski definition) is 13. The van der Waals surface area contributed by atoms with E-state index in [0.717, 1.165) is 0 Å². The van der Waals surface area contributed by atoms with E-state index in [4.69, 9.17) is 14.6 Å². The highest BCUT2D eigenvalue weighted by molar-refractivity contribution is 8.00. The molecule has 3 rings (SSSR count). The van der Waals surface area contributed by atoms with Crippen LogP contribution in [0, 0.1) is 0 Å². The van der Waals surface area contributed by atoms with Crippen LogP contribution in [-0.4, -0.2) is 87.3 Å². The number of aromatic nitrogens is 1. The van der Waals surface area contributed by atoms with Crippen LogP contribution < -0.4 is 5.32 Å². The number of nitrogens with zero attached hydrogens (tertiary/aromatic N) is 3. The van der Waals surface area contributed by atoms with Gasteiger partial charge in [-0.2, -0.15) is 0 Å². The number of carbonyl (C=O) groups is 5. The van der Waals surface area contributed by atoms with E-state index >= 15 is 0 Å². The van der Waals surface area contributed by atoms with Gasteiger partial charge in [0, 0.05) is 24.3 Å². The zero-order valence-corrected chi connectivity index (χ0v) is 20.0. The monoisotopic (exact) mass is 528 g/mol. The number of fused-ring (bicyclic) bond motifs is 1. The summed E-state index contributed by atoms with van der Waals surface area (Å²) in [4.78, 5) is 69.6. The smallest absolute Gasteiger partial charge is 0.479 e. The molecule has 2 unspecified atom stereocenters. The van der Waals surface area contributed by atoms with Crippen LogP contribution in [0.1, 0.15) is 19.5 Å². The lowest BCUT2D eigenvalue weighted by Gasteiger charge is -2.47. The van der Waals surface area contributed by atoms with Crippen molar-refractivity contribution in [2.45, 2.75) is 31.6 Å². The third kappa shape index (κ3) is 6.48. The van der Waals surface area contributed by atoms with Crippen LogP contribution in [0.15, 0.2) is 27.8 Å². The lowest BCUT2D eigenvalue weighted by Crippen LogP contribution is -2.69. The van der Waals surface area contributed by atoms with Crippen LogP contribution in [0.3, 0.4) is 0 Å². The van der Waals surface area contributed by atoms with Crippen molar-refractivity contribution in [2.75, 3.05) is 19.0 Å². The molecule has 3 heterocycles. The standard InChI is InChI=1S/C19H20N4O10S2/c1-3-30-19(29)33-9(2)32-18(28)10-4-23-16(27)14(17(23)35-6-10)21-15(26)13(11-7-34-8-20-11)22-31-5-12(24)25/h4,7-9,14,17H,3,5-6H2,1-2H3,(H,21,26)(H,24,25)/t9?,14?,17-/m1/s1. The number of carbonyl (C=O) groups excluding carboxylic acids is 4. The Labute approximate surface area is 206 Å². The summed E-state index contributed by atoms with van der Waals surface area (Å²) in [6.45, 7) is 2.28. The number of oxime groups is 1. The molecule has 188 valence electrons. The molecular formula is C19H20N4O10S2. The molecule has 16 heteroatoms. The Bertz CT molecular complexity index is 1060. The second-order valence-electron chi connectivity index (χ2n) is 6.81. The first-order chi connectivity index (χ1) is 16.7. The van der Waals surface area contributed by atoms with E-state index in [1.165, 1.54) is 52.0 Å². The Hall–Kier alpha value is -3.66. The van der Waals surface area contributed by atoms with E-state index in [9.17, 15) is 24.0 Å². The van der Waals surface area contributed by atoms with E-state index in [-0.39, 0.29) is 29.3 Å². The molecule has 0 radical (unpaired) electrons. The number of aliphatic carboxylic acids is 1. The molecule has 2 aliphatic heterocycles. The van der Waals surface area contributed by atoms with Gasteiger partial charge in [-0.25, -0.2) is 19.4 Å². The third-order valence-corrected chi connectivity index (χ3v) is 6.27. The van der Waals surface area contributed by atoms with Crippen LogP contribution in [0.25, 0.3) is 0 Å². The lowest BCUT2D eigenvalue weighted by atomic mass is 10.1. The largest absolute Gasteiger partial charge is 0.511 e. The number of amides is 2. The highest BCUT2D eigenvalue weighted by Gasteiger charge is 2.50. The van der Waals surface area contributed by atoms with Gasteiger partial charge in [-0.1, -0.05) is 5.16 Å². The Morgan fingerprint density at radius 2 is 2.11 bits per heavy atom. The number of esters is 1. The van der Waals surface area contributed by atoms with Crippen molar-refractivity contribution < 1.29 is 48.1 Å². The first kappa shape index (κ1) is 26.0. The molecule has 0 bridgehead atoms. The molecule has 14 nitrogen and oxygen atoms in total. The number of β-lactam (4-membered cyclic amide) rings is 1. The molecule has 0 spiro atoms. The summed E-state index contributed by atoms with van der Waals surface area (Å²) >= 11 is 2.40. The van der Waals surface area contributed by atoms with Gasteiger partial charge in [0.2, 0.25) is 12.9 Å². The third-order valence-electron chi connectivity index (χ3n) is 4.36. The van der Waals surface area contributed by atoms with Gasteiger partial charge < -0.3 is 34.4 Å². The van der Waals surface area contributed by atoms with Crippen molar-refractivity contribution in [1.82, 2.24) is 15.2 Å². The van der Waals surface area contributed by atoms with Crippen molar-refractivity contribution >= 4 is 58.7 Å². The van der Waals surface area contributed by atoms with Crippen LogP contribution in [0.2, 0.25) is 0 Å². The van der Waals surface area contributed by atoms with Crippen molar-refractivity contribution in [1.29, 1.82) is 0 Å². The molecule has 0 aromatic carbocycles. The van der Waals surface area contributed by atoms with E-state index in [1.54, 1.807) is 6.92 Å². The number of ether oxygens (including phenoxy) is 3. The predicted molar refractivity (Wildman–Crippen MR) is 119 cm³/mol. The average molecular weight is 529 g/mol. The summed E-state index contributed by atoms with van der Waals surface area (Å²) in [5, 5.41) is 15.8.